The highest BCUT2D eigenvalue weighted by Crippen LogP contribution is 2.06. The lowest BCUT2D eigenvalue weighted by molar-refractivity contribution is -0.132. The summed E-state index contributed by atoms with van der Waals surface area (Å²) in [6.45, 7) is 7.53. The first-order chi connectivity index (χ1) is 9.11. The first-order valence-corrected chi connectivity index (χ1v) is 6.70. The van der Waals surface area contributed by atoms with Gasteiger partial charge in [0.25, 0.3) is 0 Å². The summed E-state index contributed by atoms with van der Waals surface area (Å²) in [7, 11) is 0. The third-order valence-electron chi connectivity index (χ3n) is 2.54. The van der Waals surface area contributed by atoms with E-state index in [4.69, 9.17) is 5.11 Å². The lowest BCUT2D eigenvalue weighted by Crippen LogP contribution is -1.98. The van der Waals surface area contributed by atoms with E-state index in [9.17, 15) is 4.79 Å². The average Bonchev–Trinajstić information content (AvgIpc) is 2.41. The SMILES string of the molecule is C=C(CCCCC)C(=O)O.CC=Cc1ccccc1. The highest BCUT2D eigenvalue weighted by molar-refractivity contribution is 5.85. The van der Waals surface area contributed by atoms with Gasteiger partial charge in [0.15, 0.2) is 0 Å². The summed E-state index contributed by atoms with van der Waals surface area (Å²) in [6, 6.07) is 10.3. The zero-order chi connectivity index (χ0) is 14.5. The Labute approximate surface area is 116 Å². The summed E-state index contributed by atoms with van der Waals surface area (Å²) < 4.78 is 0. The van der Waals surface area contributed by atoms with Crippen LogP contribution in [0.2, 0.25) is 0 Å². The lowest BCUT2D eigenvalue weighted by atomic mass is 10.1. The van der Waals surface area contributed by atoms with Crippen LogP contribution in [0.15, 0.2) is 48.6 Å². The van der Waals surface area contributed by atoms with Crippen LogP contribution in [0.4, 0.5) is 0 Å². The molecule has 0 aliphatic heterocycles. The maximum Gasteiger partial charge on any atom is 0.330 e. The van der Waals surface area contributed by atoms with E-state index in [1.807, 2.05) is 31.2 Å². The number of benzene rings is 1. The molecule has 0 fully saturated rings. The Kier molecular flexibility index (Phi) is 10.2. The number of unbranched alkanes of at least 4 members (excludes halogenated alkanes) is 2. The normalized spacial score (nSPS) is 9.79. The summed E-state index contributed by atoms with van der Waals surface area (Å²) in [6.07, 6.45) is 7.90. The molecular formula is C17H24O2. The van der Waals surface area contributed by atoms with Crippen LogP contribution in [-0.4, -0.2) is 11.1 Å². The van der Waals surface area contributed by atoms with Gasteiger partial charge in [0.05, 0.1) is 0 Å². The maximum absolute atomic E-state index is 10.2. The van der Waals surface area contributed by atoms with Gasteiger partial charge < -0.3 is 5.11 Å². The van der Waals surface area contributed by atoms with Crippen LogP contribution >= 0.6 is 0 Å². The molecule has 0 bridgehead atoms. The molecule has 1 aromatic carbocycles. The molecule has 0 heterocycles. The van der Waals surface area contributed by atoms with Crippen molar-refractivity contribution in [2.75, 3.05) is 0 Å². The Morgan fingerprint density at radius 2 is 1.89 bits per heavy atom. The molecule has 0 radical (unpaired) electrons. The summed E-state index contributed by atoms with van der Waals surface area (Å²) in [4.78, 5) is 10.2. The molecule has 2 heteroatoms. The lowest BCUT2D eigenvalue weighted by Gasteiger charge is -1.97. The molecule has 0 atom stereocenters. The van der Waals surface area contributed by atoms with Gasteiger partial charge in [0.1, 0.15) is 0 Å². The third kappa shape index (κ3) is 9.83. The number of carboxylic acids is 1. The molecule has 1 rings (SSSR count). The standard InChI is InChI=1S/C9H10.C8H14O2/c1-2-6-9-7-4-3-5-8-9;1-3-4-5-6-7(2)8(9)10/h2-8H,1H3;2-6H2,1H3,(H,9,10). The molecular weight excluding hydrogens is 236 g/mol. The number of hydrogen-bond donors (Lipinski definition) is 1. The smallest absolute Gasteiger partial charge is 0.330 e. The van der Waals surface area contributed by atoms with Crippen LogP contribution in [0.1, 0.15) is 45.1 Å². The molecule has 1 N–H and O–H groups in total. The van der Waals surface area contributed by atoms with Gasteiger partial charge in [-0.25, -0.2) is 4.79 Å². The zero-order valence-electron chi connectivity index (χ0n) is 11.9. The maximum atomic E-state index is 10.2. The molecule has 0 spiro atoms. The van der Waals surface area contributed by atoms with Gasteiger partial charge in [0.2, 0.25) is 0 Å². The van der Waals surface area contributed by atoms with E-state index in [0.717, 1.165) is 19.3 Å². The second-order valence-electron chi connectivity index (χ2n) is 4.28. The number of carboxylic acid groups (broad SMARTS) is 1. The number of carbonyl (C=O) groups is 1. The van der Waals surface area contributed by atoms with E-state index in [0.29, 0.717) is 12.0 Å². The topological polar surface area (TPSA) is 37.3 Å². The van der Waals surface area contributed by atoms with E-state index >= 15 is 0 Å². The van der Waals surface area contributed by atoms with Gasteiger partial charge in [0, 0.05) is 5.57 Å². The number of rotatable bonds is 6. The minimum Gasteiger partial charge on any atom is -0.478 e. The van der Waals surface area contributed by atoms with Crippen molar-refractivity contribution in [1.29, 1.82) is 0 Å². The molecule has 0 aliphatic rings. The molecule has 0 aromatic heterocycles. The predicted octanol–water partition coefficient (Wildman–Crippen LogP) is 4.93. The van der Waals surface area contributed by atoms with Crippen molar-refractivity contribution in [3.8, 4) is 0 Å². The minimum atomic E-state index is -0.865. The Bertz CT molecular complexity index is 391. The van der Waals surface area contributed by atoms with Crippen molar-refractivity contribution in [1.82, 2.24) is 0 Å². The quantitative estimate of drug-likeness (QED) is 0.582. The molecule has 1 aromatic rings. The second kappa shape index (κ2) is 11.3. The van der Waals surface area contributed by atoms with Crippen molar-refractivity contribution in [3.05, 3.63) is 54.1 Å². The predicted molar refractivity (Wildman–Crippen MR) is 82.1 cm³/mol. The Balaban J connectivity index is 0.000000342. The molecule has 19 heavy (non-hydrogen) atoms. The fraction of sp³-hybridized carbons (Fsp3) is 0.353. The van der Waals surface area contributed by atoms with E-state index in [-0.39, 0.29) is 0 Å². The highest BCUT2D eigenvalue weighted by Gasteiger charge is 2.01. The third-order valence-corrected chi connectivity index (χ3v) is 2.54. The Hall–Kier alpha value is -1.83. The molecule has 0 aliphatic carbocycles. The summed E-state index contributed by atoms with van der Waals surface area (Å²) in [5.74, 6) is -0.865. The van der Waals surface area contributed by atoms with Crippen LogP contribution in [-0.2, 0) is 4.79 Å². The molecule has 0 saturated heterocycles. The number of hydrogen-bond acceptors (Lipinski definition) is 1. The van der Waals surface area contributed by atoms with E-state index in [1.165, 1.54) is 5.56 Å². The van der Waals surface area contributed by atoms with Gasteiger partial charge in [-0.15, -0.1) is 0 Å². The van der Waals surface area contributed by atoms with Gasteiger partial charge in [-0.2, -0.15) is 0 Å². The van der Waals surface area contributed by atoms with Crippen LogP contribution in [0.5, 0.6) is 0 Å². The largest absolute Gasteiger partial charge is 0.478 e. The van der Waals surface area contributed by atoms with Crippen molar-refractivity contribution in [2.24, 2.45) is 0 Å². The first-order valence-electron chi connectivity index (χ1n) is 6.70. The zero-order valence-corrected chi connectivity index (χ0v) is 11.9. The summed E-state index contributed by atoms with van der Waals surface area (Å²) >= 11 is 0. The van der Waals surface area contributed by atoms with Gasteiger partial charge in [-0.05, 0) is 25.3 Å². The average molecular weight is 260 g/mol. The second-order valence-corrected chi connectivity index (χ2v) is 4.28. The van der Waals surface area contributed by atoms with Crippen molar-refractivity contribution < 1.29 is 9.90 Å². The van der Waals surface area contributed by atoms with Crippen LogP contribution in [0.3, 0.4) is 0 Å². The van der Waals surface area contributed by atoms with Crippen LogP contribution in [0, 0.1) is 0 Å². The molecule has 2 nitrogen and oxygen atoms in total. The van der Waals surface area contributed by atoms with Crippen molar-refractivity contribution in [3.63, 3.8) is 0 Å². The molecule has 0 amide bonds. The monoisotopic (exact) mass is 260 g/mol. The Morgan fingerprint density at radius 1 is 1.26 bits per heavy atom. The Morgan fingerprint density at radius 3 is 2.37 bits per heavy atom. The van der Waals surface area contributed by atoms with Crippen molar-refractivity contribution >= 4 is 12.0 Å². The fourth-order valence-electron chi connectivity index (χ4n) is 1.45. The molecule has 0 unspecified atom stereocenters. The molecule has 104 valence electrons. The number of allylic oxidation sites excluding steroid dienone is 1. The summed E-state index contributed by atoms with van der Waals surface area (Å²) in [5, 5.41) is 8.38. The van der Waals surface area contributed by atoms with Crippen LogP contribution in [0.25, 0.3) is 6.08 Å². The van der Waals surface area contributed by atoms with Gasteiger partial charge >= 0.3 is 5.97 Å². The van der Waals surface area contributed by atoms with E-state index in [2.05, 4.69) is 31.7 Å². The van der Waals surface area contributed by atoms with E-state index < -0.39 is 5.97 Å². The van der Waals surface area contributed by atoms with Gasteiger partial charge in [-0.3, -0.25) is 0 Å². The molecule has 0 saturated carbocycles. The van der Waals surface area contributed by atoms with Crippen LogP contribution < -0.4 is 0 Å². The van der Waals surface area contributed by atoms with E-state index in [1.54, 1.807) is 0 Å². The summed E-state index contributed by atoms with van der Waals surface area (Å²) in [5.41, 5.74) is 1.59. The van der Waals surface area contributed by atoms with Gasteiger partial charge in [-0.1, -0.05) is 68.8 Å². The highest BCUT2D eigenvalue weighted by atomic mass is 16.4. The minimum absolute atomic E-state index is 0.327. The number of aliphatic carboxylic acids is 1. The first kappa shape index (κ1) is 17.2. The fourth-order valence-corrected chi connectivity index (χ4v) is 1.45. The van der Waals surface area contributed by atoms with Crippen molar-refractivity contribution in [2.45, 2.75) is 39.5 Å².